The standard InChI is InChI=1S/C15H29N3Si.CH3.2ClH.Cr/c1-13-6-7-14(12-13)19(2,3)18-11-5-10-17-9-4-8-16-15(17)18;;;;/h13-14H,4-12H2,1-3H3;1H3;2*1H;/q;-1;;;+3/p-2. The van der Waals surface area contributed by atoms with Crippen molar-refractivity contribution in [3.05, 3.63) is 7.43 Å². The Labute approximate surface area is 159 Å². The van der Waals surface area contributed by atoms with Crippen LogP contribution >= 0.6 is 20.1 Å². The van der Waals surface area contributed by atoms with E-state index in [1.807, 2.05) is 0 Å². The van der Waals surface area contributed by atoms with Crippen LogP contribution in [-0.4, -0.2) is 49.8 Å². The van der Waals surface area contributed by atoms with E-state index in [0.717, 1.165) is 18.0 Å². The zero-order chi connectivity index (χ0) is 16.2. The van der Waals surface area contributed by atoms with Gasteiger partial charge in [-0.1, -0.05) is 32.9 Å². The van der Waals surface area contributed by atoms with Gasteiger partial charge in [-0.15, -0.1) is 0 Å². The molecule has 0 N–H and O–H groups in total. The van der Waals surface area contributed by atoms with Crippen LogP contribution in [0.25, 0.3) is 0 Å². The van der Waals surface area contributed by atoms with E-state index in [0.29, 0.717) is 0 Å². The molecule has 135 valence electrons. The van der Waals surface area contributed by atoms with Gasteiger partial charge in [0.2, 0.25) is 0 Å². The number of nitrogens with zero attached hydrogens (tertiary/aromatic N) is 3. The molecule has 0 amide bonds. The molecule has 0 bridgehead atoms. The van der Waals surface area contributed by atoms with Crippen LogP contribution in [-0.2, 0) is 13.4 Å². The molecule has 2 atom stereocenters. The van der Waals surface area contributed by atoms with Crippen LogP contribution in [0.15, 0.2) is 4.99 Å². The minimum absolute atomic E-state index is 0. The average molecular weight is 417 g/mol. The fourth-order valence-corrected chi connectivity index (χ4v) is 8.00. The molecule has 1 saturated heterocycles. The number of halogens is 2. The molecule has 0 aromatic rings. The van der Waals surface area contributed by atoms with E-state index in [-0.39, 0.29) is 20.8 Å². The van der Waals surface area contributed by atoms with Crippen LogP contribution in [0.1, 0.15) is 39.0 Å². The molecule has 7 heteroatoms. The molecule has 23 heavy (non-hydrogen) atoms. The summed E-state index contributed by atoms with van der Waals surface area (Å²) in [5, 5.41) is 0. The average Bonchev–Trinajstić information content (AvgIpc) is 2.95. The summed E-state index contributed by atoms with van der Waals surface area (Å²) in [4.78, 5) is 7.45. The molecule has 1 saturated carbocycles. The van der Waals surface area contributed by atoms with E-state index >= 15 is 0 Å². The van der Waals surface area contributed by atoms with Crippen LogP contribution in [0.2, 0.25) is 18.6 Å². The van der Waals surface area contributed by atoms with Gasteiger partial charge in [0.05, 0.1) is 0 Å². The fraction of sp³-hybridized carbons (Fsp3) is 0.875. The van der Waals surface area contributed by atoms with E-state index in [9.17, 15) is 0 Å². The molecule has 0 aromatic heterocycles. The molecule has 3 nitrogen and oxygen atoms in total. The van der Waals surface area contributed by atoms with Gasteiger partial charge in [-0.2, -0.15) is 0 Å². The van der Waals surface area contributed by atoms with Crippen molar-refractivity contribution in [2.75, 3.05) is 26.2 Å². The molecule has 2 heterocycles. The number of guanidine groups is 1. The van der Waals surface area contributed by atoms with Gasteiger partial charge >= 0.3 is 33.5 Å². The summed E-state index contributed by atoms with van der Waals surface area (Å²) in [6.07, 6.45) is 6.95. The molecule has 2 fully saturated rings. The third-order valence-corrected chi connectivity index (χ3v) is 9.90. The van der Waals surface area contributed by atoms with Crippen molar-refractivity contribution >= 4 is 34.3 Å². The Morgan fingerprint density at radius 2 is 1.78 bits per heavy atom. The summed E-state index contributed by atoms with van der Waals surface area (Å²) in [5.74, 6) is 2.32. The predicted octanol–water partition coefficient (Wildman–Crippen LogP) is 4.98. The van der Waals surface area contributed by atoms with Crippen LogP contribution in [0.4, 0.5) is 0 Å². The molecule has 0 spiro atoms. The van der Waals surface area contributed by atoms with Gasteiger partial charge in [0.25, 0.3) is 0 Å². The van der Waals surface area contributed by atoms with Crippen LogP contribution < -0.4 is 0 Å². The summed E-state index contributed by atoms with van der Waals surface area (Å²) in [6.45, 7) is 12.4. The first-order valence-electron chi connectivity index (χ1n) is 8.47. The first kappa shape index (κ1) is 21.6. The van der Waals surface area contributed by atoms with Gasteiger partial charge in [0.1, 0.15) is 0 Å². The SMILES string of the molecule is CC1CCC([Si](C)(C)N2CCCN3CCCN=C32)C1.[CH3-].[Cl][Cr+][Cl]. The third kappa shape index (κ3) is 5.28. The second-order valence-corrected chi connectivity index (χ2v) is 14.1. The Bertz CT molecular complexity index is 396. The van der Waals surface area contributed by atoms with Crippen molar-refractivity contribution in [2.24, 2.45) is 10.9 Å². The van der Waals surface area contributed by atoms with Crippen LogP contribution in [0.3, 0.4) is 0 Å². The Balaban J connectivity index is 0.000000615. The molecular weight excluding hydrogens is 385 g/mol. The second kappa shape index (κ2) is 9.92. The predicted molar refractivity (Wildman–Crippen MR) is 102 cm³/mol. The Kier molecular flexibility index (Phi) is 9.34. The van der Waals surface area contributed by atoms with E-state index in [1.54, 1.807) is 0 Å². The maximum absolute atomic E-state index is 4.89. The van der Waals surface area contributed by atoms with Gasteiger partial charge in [0.15, 0.2) is 14.2 Å². The maximum atomic E-state index is 4.89. The van der Waals surface area contributed by atoms with E-state index in [4.69, 9.17) is 25.1 Å². The topological polar surface area (TPSA) is 18.8 Å². The summed E-state index contributed by atoms with van der Waals surface area (Å²) in [6, 6.07) is 0. The minimum atomic E-state index is -1.36. The third-order valence-electron chi connectivity index (χ3n) is 5.56. The van der Waals surface area contributed by atoms with E-state index < -0.39 is 8.24 Å². The van der Waals surface area contributed by atoms with Gasteiger partial charge in [0, 0.05) is 26.2 Å². The Hall–Kier alpha value is 0.599. The molecule has 3 rings (SSSR count). The zero-order valence-corrected chi connectivity index (χ0v) is 18.8. The van der Waals surface area contributed by atoms with Crippen molar-refractivity contribution in [1.82, 2.24) is 9.47 Å². The summed E-state index contributed by atoms with van der Waals surface area (Å²) >= 11 is -0.181. The van der Waals surface area contributed by atoms with Gasteiger partial charge < -0.3 is 16.9 Å². The number of fused-ring (bicyclic) bond motifs is 1. The van der Waals surface area contributed by atoms with Gasteiger partial charge in [-0.05, 0) is 30.7 Å². The van der Waals surface area contributed by atoms with Crippen molar-refractivity contribution in [1.29, 1.82) is 0 Å². The number of hydrogen-bond donors (Lipinski definition) is 0. The molecule has 1 aliphatic carbocycles. The van der Waals surface area contributed by atoms with Crippen molar-refractivity contribution in [2.45, 2.75) is 57.7 Å². The first-order chi connectivity index (χ1) is 10.5. The molecule has 0 aromatic carbocycles. The molecule has 2 unspecified atom stereocenters. The van der Waals surface area contributed by atoms with Crippen LogP contribution in [0, 0.1) is 13.3 Å². The van der Waals surface area contributed by atoms with Crippen molar-refractivity contribution < 1.29 is 13.4 Å². The number of hydrogen-bond acceptors (Lipinski definition) is 3. The summed E-state index contributed by atoms with van der Waals surface area (Å²) in [5.41, 5.74) is 0.979. The first-order valence-corrected chi connectivity index (χ1v) is 15.0. The van der Waals surface area contributed by atoms with Gasteiger partial charge in [-0.3, -0.25) is 4.99 Å². The Morgan fingerprint density at radius 1 is 1.13 bits per heavy atom. The fourth-order valence-electron chi connectivity index (χ4n) is 4.24. The summed E-state index contributed by atoms with van der Waals surface area (Å²) in [7, 11) is 8.29. The normalized spacial score (nSPS) is 27.3. The summed E-state index contributed by atoms with van der Waals surface area (Å²) < 4.78 is 2.78. The molecular formula is C16H32Cl2CrN3Si. The second-order valence-electron chi connectivity index (χ2n) is 7.35. The monoisotopic (exact) mass is 416 g/mol. The molecule has 2 aliphatic heterocycles. The zero-order valence-electron chi connectivity index (χ0n) is 15.0. The quantitative estimate of drug-likeness (QED) is 0.466. The van der Waals surface area contributed by atoms with Gasteiger partial charge in [-0.25, -0.2) is 0 Å². The molecule has 0 radical (unpaired) electrons. The van der Waals surface area contributed by atoms with E-state index in [1.165, 1.54) is 57.7 Å². The number of rotatable bonds is 2. The molecule has 3 aliphatic rings. The number of aliphatic imine (C=N–C) groups is 1. The van der Waals surface area contributed by atoms with Crippen molar-refractivity contribution in [3.8, 4) is 0 Å². The Morgan fingerprint density at radius 3 is 2.39 bits per heavy atom. The van der Waals surface area contributed by atoms with Crippen LogP contribution in [0.5, 0.6) is 0 Å². The van der Waals surface area contributed by atoms with Crippen molar-refractivity contribution in [3.63, 3.8) is 0 Å². The van der Waals surface area contributed by atoms with E-state index in [2.05, 4.69) is 29.5 Å².